The van der Waals surface area contributed by atoms with E-state index in [2.05, 4.69) is 94.4 Å². The Kier molecular flexibility index (Phi) is 5.54. The highest BCUT2D eigenvalue weighted by Gasteiger charge is 2.26. The maximum Gasteiger partial charge on any atom is 0.172 e. The van der Waals surface area contributed by atoms with Crippen molar-refractivity contribution < 1.29 is 0 Å². The van der Waals surface area contributed by atoms with Gasteiger partial charge in [0, 0.05) is 16.9 Å². The van der Waals surface area contributed by atoms with E-state index in [-0.39, 0.29) is 0 Å². The van der Waals surface area contributed by atoms with Gasteiger partial charge in [0.1, 0.15) is 6.33 Å². The zero-order valence-corrected chi connectivity index (χ0v) is 18.8. The van der Waals surface area contributed by atoms with Crippen LogP contribution in [0.25, 0.3) is 17.3 Å². The van der Waals surface area contributed by atoms with Gasteiger partial charge in [-0.3, -0.25) is 5.10 Å². The fourth-order valence-corrected chi connectivity index (χ4v) is 4.89. The first-order valence-electron chi connectivity index (χ1n) is 11.0. The van der Waals surface area contributed by atoms with Crippen LogP contribution >= 0.6 is 11.6 Å². The fraction of sp³-hybridized carbons (Fsp3) is 0.185. The lowest BCUT2D eigenvalue weighted by Gasteiger charge is -2.32. The molecular formula is C27H25ClN4. The average Bonchev–Trinajstić information content (AvgIpc) is 3.37. The van der Waals surface area contributed by atoms with Crippen LogP contribution in [0.1, 0.15) is 43.1 Å². The minimum absolute atomic E-state index is 0.442. The predicted molar refractivity (Wildman–Crippen MR) is 132 cm³/mol. The first-order valence-corrected chi connectivity index (χ1v) is 11.4. The largest absolute Gasteiger partial charge is 0.314 e. The molecule has 0 spiro atoms. The second kappa shape index (κ2) is 8.64. The van der Waals surface area contributed by atoms with Crippen molar-refractivity contribution in [1.82, 2.24) is 20.1 Å². The van der Waals surface area contributed by atoms with Crippen LogP contribution in [0.15, 0.2) is 90.6 Å². The molecule has 160 valence electrons. The lowest BCUT2D eigenvalue weighted by Crippen LogP contribution is -2.21. The summed E-state index contributed by atoms with van der Waals surface area (Å²) in [6, 6.07) is 6.30. The van der Waals surface area contributed by atoms with Gasteiger partial charge in [-0.1, -0.05) is 73.7 Å². The molecule has 5 rings (SSSR count). The van der Waals surface area contributed by atoms with E-state index < -0.39 is 0 Å². The third-order valence-corrected chi connectivity index (χ3v) is 6.60. The van der Waals surface area contributed by atoms with E-state index in [1.807, 2.05) is 0 Å². The monoisotopic (exact) mass is 440 g/mol. The van der Waals surface area contributed by atoms with Crippen LogP contribution in [-0.2, 0) is 0 Å². The van der Waals surface area contributed by atoms with Crippen molar-refractivity contribution in [2.75, 3.05) is 0 Å². The van der Waals surface area contributed by atoms with Crippen molar-refractivity contribution in [3.8, 4) is 0 Å². The Morgan fingerprint density at radius 3 is 2.91 bits per heavy atom. The number of nitrogens with zero attached hydrogens (tertiary/aromatic N) is 3. The molecule has 0 saturated carbocycles. The van der Waals surface area contributed by atoms with E-state index in [0.717, 1.165) is 47.1 Å². The molecule has 3 aliphatic rings. The average molecular weight is 441 g/mol. The number of rotatable bonds is 5. The van der Waals surface area contributed by atoms with E-state index in [9.17, 15) is 0 Å². The smallest absolute Gasteiger partial charge is 0.172 e. The topological polar surface area (TPSA) is 44.8 Å². The standard InChI is InChI=1S/C27H25ClN4/c1-3-18-11-12-20(15-24(18)28)26-19(4-2)7-5-9-23(26)21-13-14-22-8-6-10-25(32(22)16-21)27-29-17-30-31-27/h3,5,8-17,19H,1,4,6-7H2,2H3,(H,29,30,31). The summed E-state index contributed by atoms with van der Waals surface area (Å²) in [6.45, 7) is 6.12. The van der Waals surface area contributed by atoms with Crippen LogP contribution in [0.5, 0.6) is 0 Å². The Morgan fingerprint density at radius 1 is 1.25 bits per heavy atom. The summed E-state index contributed by atoms with van der Waals surface area (Å²) in [7, 11) is 0. The summed E-state index contributed by atoms with van der Waals surface area (Å²) in [4.78, 5) is 6.57. The maximum absolute atomic E-state index is 6.56. The van der Waals surface area contributed by atoms with Gasteiger partial charge in [-0.05, 0) is 65.2 Å². The highest BCUT2D eigenvalue weighted by atomic mass is 35.5. The molecule has 0 fully saturated rings. The summed E-state index contributed by atoms with van der Waals surface area (Å²) >= 11 is 6.56. The maximum atomic E-state index is 6.56. The Hall–Kier alpha value is -3.37. The molecule has 1 aliphatic carbocycles. The number of halogens is 1. The lowest BCUT2D eigenvalue weighted by molar-refractivity contribution is 0.638. The van der Waals surface area contributed by atoms with E-state index in [1.54, 1.807) is 12.4 Å². The van der Waals surface area contributed by atoms with Crippen molar-refractivity contribution in [3.05, 3.63) is 113 Å². The first-order chi connectivity index (χ1) is 15.7. The van der Waals surface area contributed by atoms with Crippen LogP contribution in [0, 0.1) is 5.92 Å². The van der Waals surface area contributed by atoms with E-state index in [0.29, 0.717) is 5.92 Å². The van der Waals surface area contributed by atoms with Gasteiger partial charge in [-0.2, -0.15) is 5.10 Å². The normalized spacial score (nSPS) is 20.0. The molecule has 32 heavy (non-hydrogen) atoms. The number of hydrogen-bond acceptors (Lipinski definition) is 3. The van der Waals surface area contributed by atoms with Crippen molar-refractivity contribution in [2.24, 2.45) is 5.92 Å². The first kappa shape index (κ1) is 20.5. The van der Waals surface area contributed by atoms with Gasteiger partial charge < -0.3 is 4.90 Å². The number of allylic oxidation sites excluding steroid dienone is 9. The molecule has 5 heteroatoms. The van der Waals surface area contributed by atoms with Crippen molar-refractivity contribution >= 4 is 28.9 Å². The summed E-state index contributed by atoms with van der Waals surface area (Å²) in [6.07, 6.45) is 21.9. The minimum atomic E-state index is 0.442. The molecule has 3 heterocycles. The molecule has 1 unspecified atom stereocenters. The van der Waals surface area contributed by atoms with Gasteiger partial charge in [-0.15, -0.1) is 0 Å². The van der Waals surface area contributed by atoms with Crippen molar-refractivity contribution in [1.29, 1.82) is 0 Å². The van der Waals surface area contributed by atoms with Gasteiger partial charge in [0.2, 0.25) is 0 Å². The van der Waals surface area contributed by atoms with Gasteiger partial charge in [0.05, 0.1) is 5.70 Å². The Labute approximate surface area is 193 Å². The molecule has 1 atom stereocenters. The molecule has 1 aromatic heterocycles. The number of fused-ring (bicyclic) bond motifs is 1. The second-order valence-electron chi connectivity index (χ2n) is 8.09. The summed E-state index contributed by atoms with van der Waals surface area (Å²) in [5.41, 5.74) is 8.05. The molecule has 0 bridgehead atoms. The highest BCUT2D eigenvalue weighted by Crippen LogP contribution is 2.42. The van der Waals surface area contributed by atoms with Crippen LogP contribution in [0.3, 0.4) is 0 Å². The summed E-state index contributed by atoms with van der Waals surface area (Å²) in [5, 5.41) is 7.77. The Morgan fingerprint density at radius 2 is 2.16 bits per heavy atom. The molecule has 4 nitrogen and oxygen atoms in total. The van der Waals surface area contributed by atoms with Gasteiger partial charge >= 0.3 is 0 Å². The second-order valence-corrected chi connectivity index (χ2v) is 8.49. The number of hydrogen-bond donors (Lipinski definition) is 1. The Bertz CT molecular complexity index is 1240. The van der Waals surface area contributed by atoms with Crippen molar-refractivity contribution in [3.63, 3.8) is 0 Å². The SMILES string of the molecule is C=Cc1ccc(C2=C(C3=CN4C(=CCC=C4c4ncn[nH]4)C=C3)C=CCC2CC)cc1Cl. The molecule has 2 aliphatic heterocycles. The third-order valence-electron chi connectivity index (χ3n) is 6.27. The van der Waals surface area contributed by atoms with E-state index in [1.165, 1.54) is 22.3 Å². The molecule has 1 N–H and O–H groups in total. The number of aromatic nitrogens is 3. The number of nitrogens with one attached hydrogen (secondary N) is 1. The molecular weight excluding hydrogens is 416 g/mol. The zero-order valence-electron chi connectivity index (χ0n) is 18.1. The zero-order chi connectivity index (χ0) is 22.1. The number of aromatic amines is 1. The molecule has 0 saturated heterocycles. The number of H-pyrrole nitrogens is 1. The fourth-order valence-electron chi connectivity index (χ4n) is 4.63. The minimum Gasteiger partial charge on any atom is -0.314 e. The Balaban J connectivity index is 1.63. The summed E-state index contributed by atoms with van der Waals surface area (Å²) < 4.78 is 0. The van der Waals surface area contributed by atoms with Crippen LogP contribution < -0.4 is 0 Å². The van der Waals surface area contributed by atoms with E-state index >= 15 is 0 Å². The molecule has 0 radical (unpaired) electrons. The van der Waals surface area contributed by atoms with Crippen LogP contribution in [-0.4, -0.2) is 20.1 Å². The molecule has 0 amide bonds. The van der Waals surface area contributed by atoms with Crippen LogP contribution in [0.4, 0.5) is 0 Å². The lowest BCUT2D eigenvalue weighted by atomic mass is 9.78. The van der Waals surface area contributed by atoms with Gasteiger partial charge in [0.15, 0.2) is 5.82 Å². The van der Waals surface area contributed by atoms with Gasteiger partial charge in [0.25, 0.3) is 0 Å². The quantitative estimate of drug-likeness (QED) is 0.548. The van der Waals surface area contributed by atoms with Gasteiger partial charge in [-0.25, -0.2) is 4.98 Å². The van der Waals surface area contributed by atoms with E-state index in [4.69, 9.17) is 11.6 Å². The highest BCUT2D eigenvalue weighted by molar-refractivity contribution is 6.32. The van der Waals surface area contributed by atoms with Crippen molar-refractivity contribution in [2.45, 2.75) is 26.2 Å². The third kappa shape index (κ3) is 3.61. The van der Waals surface area contributed by atoms with Crippen LogP contribution in [0.2, 0.25) is 5.02 Å². The molecule has 2 aromatic rings. The summed E-state index contributed by atoms with van der Waals surface area (Å²) in [5.74, 6) is 1.21. The predicted octanol–water partition coefficient (Wildman–Crippen LogP) is 6.93. The number of benzene rings is 1. The molecule has 1 aromatic carbocycles.